The average molecular weight is 437 g/mol. The molecule has 4 rings (SSSR count). The Balaban J connectivity index is 1.46. The second kappa shape index (κ2) is 7.87. The summed E-state index contributed by atoms with van der Waals surface area (Å²) in [4.78, 5) is 29.3. The van der Waals surface area contributed by atoms with Gasteiger partial charge in [-0.3, -0.25) is 9.59 Å². The van der Waals surface area contributed by atoms with Crippen molar-refractivity contribution < 1.29 is 22.4 Å². The number of nitrogens with zero attached hydrogens (tertiary/aromatic N) is 2. The summed E-state index contributed by atoms with van der Waals surface area (Å²) in [5, 5.41) is 1.27. The minimum atomic E-state index is -3.34. The smallest absolute Gasteiger partial charge is 0.228 e. The van der Waals surface area contributed by atoms with Gasteiger partial charge in [0.1, 0.15) is 5.82 Å². The standard InChI is InChI=1S/C20H21FN2O4S2/c21-15-3-5-16(6-4-15)23-13-14(12-19(23)24)20(25)22-8-7-18(17-2-1-10-28-17)29(26,27)11-9-22/h1-6,10,14,18H,7-9,11-13H2/t14-,18+/m1/s1. The van der Waals surface area contributed by atoms with Crippen molar-refractivity contribution in [1.82, 2.24) is 4.90 Å². The zero-order valence-electron chi connectivity index (χ0n) is 15.7. The molecule has 2 aliphatic heterocycles. The van der Waals surface area contributed by atoms with E-state index in [-0.39, 0.29) is 42.9 Å². The van der Waals surface area contributed by atoms with Gasteiger partial charge < -0.3 is 9.80 Å². The zero-order chi connectivity index (χ0) is 20.6. The van der Waals surface area contributed by atoms with E-state index < -0.39 is 21.0 Å². The third-order valence-electron chi connectivity index (χ3n) is 5.53. The number of benzene rings is 1. The average Bonchev–Trinajstić information content (AvgIpc) is 3.31. The Hall–Kier alpha value is -2.26. The van der Waals surface area contributed by atoms with Gasteiger partial charge in [-0.15, -0.1) is 11.3 Å². The topological polar surface area (TPSA) is 74.8 Å². The van der Waals surface area contributed by atoms with Crippen molar-refractivity contribution in [1.29, 1.82) is 0 Å². The first-order valence-corrected chi connectivity index (χ1v) is 12.0. The minimum Gasteiger partial charge on any atom is -0.341 e. The lowest BCUT2D eigenvalue weighted by molar-refractivity contribution is -0.135. The normalized spacial score (nSPS) is 24.5. The molecule has 3 heterocycles. The summed E-state index contributed by atoms with van der Waals surface area (Å²) < 4.78 is 38.5. The summed E-state index contributed by atoms with van der Waals surface area (Å²) in [7, 11) is -3.34. The van der Waals surface area contributed by atoms with Crippen LogP contribution < -0.4 is 4.90 Å². The van der Waals surface area contributed by atoms with E-state index in [9.17, 15) is 22.4 Å². The molecule has 0 radical (unpaired) electrons. The SMILES string of the molecule is O=C([C@@H]1CC(=O)N(c2ccc(F)cc2)C1)N1CC[C@@H](c2cccs2)S(=O)(=O)CC1. The minimum absolute atomic E-state index is 0.0772. The highest BCUT2D eigenvalue weighted by atomic mass is 32.2. The van der Waals surface area contributed by atoms with Gasteiger partial charge in [0, 0.05) is 36.6 Å². The van der Waals surface area contributed by atoms with Crippen LogP contribution >= 0.6 is 11.3 Å². The summed E-state index contributed by atoms with van der Waals surface area (Å²) >= 11 is 1.41. The van der Waals surface area contributed by atoms with Crippen LogP contribution in [0.1, 0.15) is 23.0 Å². The van der Waals surface area contributed by atoms with Crippen molar-refractivity contribution in [2.24, 2.45) is 5.92 Å². The molecule has 29 heavy (non-hydrogen) atoms. The van der Waals surface area contributed by atoms with Crippen molar-refractivity contribution >= 4 is 38.7 Å². The van der Waals surface area contributed by atoms with Gasteiger partial charge in [0.2, 0.25) is 11.8 Å². The maximum atomic E-state index is 13.1. The quantitative estimate of drug-likeness (QED) is 0.741. The third-order valence-corrected chi connectivity index (χ3v) is 8.77. The Morgan fingerprint density at radius 3 is 2.59 bits per heavy atom. The number of amides is 2. The number of hydrogen-bond acceptors (Lipinski definition) is 5. The summed E-state index contributed by atoms with van der Waals surface area (Å²) in [5.41, 5.74) is 0.558. The van der Waals surface area contributed by atoms with E-state index in [2.05, 4.69) is 0 Å². The lowest BCUT2D eigenvalue weighted by Crippen LogP contribution is -2.39. The van der Waals surface area contributed by atoms with Gasteiger partial charge in [-0.1, -0.05) is 6.07 Å². The first-order chi connectivity index (χ1) is 13.8. The Morgan fingerprint density at radius 1 is 1.14 bits per heavy atom. The maximum absolute atomic E-state index is 13.1. The van der Waals surface area contributed by atoms with Crippen LogP contribution in [0.4, 0.5) is 10.1 Å². The fourth-order valence-electron chi connectivity index (χ4n) is 3.96. The Kier molecular flexibility index (Phi) is 5.44. The lowest BCUT2D eigenvalue weighted by Gasteiger charge is -2.23. The number of carbonyl (C=O) groups is 2. The first-order valence-electron chi connectivity index (χ1n) is 9.45. The molecule has 2 amide bonds. The van der Waals surface area contributed by atoms with Crippen LogP contribution in [0.25, 0.3) is 0 Å². The van der Waals surface area contributed by atoms with E-state index in [1.54, 1.807) is 4.90 Å². The molecule has 0 bridgehead atoms. The molecule has 0 saturated carbocycles. The number of carbonyl (C=O) groups excluding carboxylic acids is 2. The maximum Gasteiger partial charge on any atom is 0.228 e. The highest BCUT2D eigenvalue weighted by molar-refractivity contribution is 7.91. The molecule has 6 nitrogen and oxygen atoms in total. The van der Waals surface area contributed by atoms with Crippen LogP contribution in [0.2, 0.25) is 0 Å². The highest BCUT2D eigenvalue weighted by Crippen LogP contribution is 2.33. The van der Waals surface area contributed by atoms with Gasteiger partial charge in [-0.05, 0) is 42.1 Å². The number of thiophene rings is 1. The molecular formula is C20H21FN2O4S2. The Labute approximate surface area is 172 Å². The molecule has 0 aliphatic carbocycles. The molecule has 1 aromatic carbocycles. The van der Waals surface area contributed by atoms with Gasteiger partial charge in [0.05, 0.1) is 16.9 Å². The molecule has 154 valence electrons. The summed E-state index contributed by atoms with van der Waals surface area (Å²) in [6.07, 6.45) is 0.435. The first kappa shape index (κ1) is 20.0. The fraction of sp³-hybridized carbons (Fsp3) is 0.400. The Morgan fingerprint density at radius 2 is 1.90 bits per heavy atom. The molecule has 0 unspecified atom stereocenters. The molecule has 0 spiro atoms. The number of hydrogen-bond donors (Lipinski definition) is 0. The van der Waals surface area contributed by atoms with E-state index in [4.69, 9.17) is 0 Å². The van der Waals surface area contributed by atoms with Crippen molar-refractivity contribution in [2.45, 2.75) is 18.1 Å². The molecular weight excluding hydrogens is 415 g/mol. The van der Waals surface area contributed by atoms with Crippen LogP contribution in [0.3, 0.4) is 0 Å². The molecule has 2 saturated heterocycles. The highest BCUT2D eigenvalue weighted by Gasteiger charge is 2.39. The van der Waals surface area contributed by atoms with Gasteiger partial charge in [0.25, 0.3) is 0 Å². The molecule has 2 atom stereocenters. The van der Waals surface area contributed by atoms with Crippen LogP contribution in [0, 0.1) is 11.7 Å². The largest absolute Gasteiger partial charge is 0.341 e. The van der Waals surface area contributed by atoms with E-state index >= 15 is 0 Å². The third kappa shape index (κ3) is 4.06. The molecule has 1 aromatic heterocycles. The number of sulfone groups is 1. The lowest BCUT2D eigenvalue weighted by atomic mass is 10.1. The molecule has 2 aromatic rings. The monoisotopic (exact) mass is 436 g/mol. The molecule has 2 aliphatic rings. The van der Waals surface area contributed by atoms with Gasteiger partial charge in [0.15, 0.2) is 9.84 Å². The summed E-state index contributed by atoms with van der Waals surface area (Å²) in [6.45, 7) is 0.715. The van der Waals surface area contributed by atoms with Crippen molar-refractivity contribution in [3.05, 3.63) is 52.5 Å². The van der Waals surface area contributed by atoms with Crippen LogP contribution in [0.15, 0.2) is 41.8 Å². The number of rotatable bonds is 3. The van der Waals surface area contributed by atoms with Gasteiger partial charge in [-0.25, -0.2) is 12.8 Å². The van der Waals surface area contributed by atoms with Crippen molar-refractivity contribution in [2.75, 3.05) is 30.3 Å². The van der Waals surface area contributed by atoms with Crippen LogP contribution in [-0.2, 0) is 19.4 Å². The van der Waals surface area contributed by atoms with E-state index in [1.165, 1.54) is 40.5 Å². The predicted molar refractivity (Wildman–Crippen MR) is 109 cm³/mol. The molecule has 9 heteroatoms. The van der Waals surface area contributed by atoms with E-state index in [1.807, 2.05) is 17.5 Å². The van der Waals surface area contributed by atoms with Gasteiger partial charge in [-0.2, -0.15) is 0 Å². The number of anilines is 1. The second-order valence-electron chi connectivity index (χ2n) is 7.37. The molecule has 0 N–H and O–H groups in total. The zero-order valence-corrected chi connectivity index (χ0v) is 17.3. The van der Waals surface area contributed by atoms with E-state index in [0.29, 0.717) is 18.7 Å². The summed E-state index contributed by atoms with van der Waals surface area (Å²) in [5.74, 6) is -1.37. The Bertz CT molecular complexity index is 1010. The van der Waals surface area contributed by atoms with Crippen LogP contribution in [0.5, 0.6) is 0 Å². The van der Waals surface area contributed by atoms with Crippen molar-refractivity contribution in [3.8, 4) is 0 Å². The summed E-state index contributed by atoms with van der Waals surface area (Å²) in [6, 6.07) is 9.25. The van der Waals surface area contributed by atoms with Crippen LogP contribution in [-0.4, -0.2) is 50.5 Å². The molecule has 2 fully saturated rings. The number of halogens is 1. The van der Waals surface area contributed by atoms with Gasteiger partial charge >= 0.3 is 0 Å². The van der Waals surface area contributed by atoms with Crippen molar-refractivity contribution in [3.63, 3.8) is 0 Å². The predicted octanol–water partition coefficient (Wildman–Crippen LogP) is 2.63. The fourth-order valence-corrected chi connectivity index (χ4v) is 6.96. The van der Waals surface area contributed by atoms with E-state index in [0.717, 1.165) is 4.88 Å². The second-order valence-corrected chi connectivity index (χ2v) is 10.6.